The zero-order valence-electron chi connectivity index (χ0n) is 15.6. The van der Waals surface area contributed by atoms with Gasteiger partial charge in [0.15, 0.2) is 0 Å². The molecule has 1 saturated heterocycles. The van der Waals surface area contributed by atoms with Crippen LogP contribution in [0.5, 0.6) is 0 Å². The van der Waals surface area contributed by atoms with Gasteiger partial charge in [0.1, 0.15) is 4.83 Å². The number of rotatable bonds is 5. The van der Waals surface area contributed by atoms with Crippen molar-refractivity contribution in [2.45, 2.75) is 45.1 Å². The lowest BCUT2D eigenvalue weighted by Gasteiger charge is -2.31. The fourth-order valence-electron chi connectivity index (χ4n) is 4.14. The molecule has 0 unspecified atom stereocenters. The Bertz CT molecular complexity index is 920. The molecular formula is C21H27N3OS. The number of piperidine rings is 1. The Morgan fingerprint density at radius 2 is 2.15 bits per heavy atom. The Kier molecular flexibility index (Phi) is 5.00. The first kappa shape index (κ1) is 17.6. The van der Waals surface area contributed by atoms with E-state index in [0.29, 0.717) is 6.04 Å². The fraction of sp³-hybridized carbons (Fsp3) is 0.476. The van der Waals surface area contributed by atoms with Gasteiger partial charge >= 0.3 is 0 Å². The predicted molar refractivity (Wildman–Crippen MR) is 109 cm³/mol. The zero-order valence-corrected chi connectivity index (χ0v) is 16.4. The molecule has 1 amide bonds. The summed E-state index contributed by atoms with van der Waals surface area (Å²) in [5.74, 6) is 0.177. The van der Waals surface area contributed by atoms with Gasteiger partial charge in [0.05, 0.1) is 11.1 Å². The monoisotopic (exact) mass is 369 g/mol. The predicted octanol–water partition coefficient (Wildman–Crippen LogP) is 4.32. The van der Waals surface area contributed by atoms with Crippen molar-refractivity contribution < 1.29 is 4.79 Å². The van der Waals surface area contributed by atoms with Crippen LogP contribution in [0, 0.1) is 0 Å². The third kappa shape index (κ3) is 2.93. The highest BCUT2D eigenvalue weighted by atomic mass is 32.1. The van der Waals surface area contributed by atoms with Crippen molar-refractivity contribution in [3.05, 3.63) is 40.9 Å². The molecule has 0 bridgehead atoms. The van der Waals surface area contributed by atoms with E-state index in [-0.39, 0.29) is 5.91 Å². The molecule has 0 aliphatic carbocycles. The molecule has 138 valence electrons. The number of nitrogens with zero attached hydrogens (tertiary/aromatic N) is 2. The molecule has 26 heavy (non-hydrogen) atoms. The summed E-state index contributed by atoms with van der Waals surface area (Å²) >= 11 is 1.67. The second-order valence-electron chi connectivity index (χ2n) is 7.27. The van der Waals surface area contributed by atoms with Crippen LogP contribution in [-0.4, -0.2) is 41.4 Å². The number of benzene rings is 1. The van der Waals surface area contributed by atoms with Crippen LogP contribution >= 0.6 is 11.3 Å². The largest absolute Gasteiger partial charge is 0.339 e. The summed E-state index contributed by atoms with van der Waals surface area (Å²) in [6.45, 7) is 4.21. The molecule has 4 nitrogen and oxygen atoms in total. The maximum Gasteiger partial charge on any atom is 0.257 e. The van der Waals surface area contributed by atoms with Gasteiger partial charge in [-0.05, 0) is 50.4 Å². The van der Waals surface area contributed by atoms with E-state index in [1.165, 1.54) is 10.9 Å². The van der Waals surface area contributed by atoms with Gasteiger partial charge in [-0.15, -0.1) is 11.3 Å². The maximum atomic E-state index is 13.6. The zero-order chi connectivity index (χ0) is 18.1. The molecule has 0 atom stereocenters. The van der Waals surface area contributed by atoms with Gasteiger partial charge in [-0.1, -0.05) is 25.5 Å². The molecule has 1 fully saturated rings. The lowest BCUT2D eigenvalue weighted by molar-refractivity contribution is 0.0707. The summed E-state index contributed by atoms with van der Waals surface area (Å²) in [6.07, 6.45) is 7.50. The van der Waals surface area contributed by atoms with Crippen molar-refractivity contribution in [3.63, 3.8) is 0 Å². The summed E-state index contributed by atoms with van der Waals surface area (Å²) in [5, 5.41) is 6.63. The second-order valence-corrected chi connectivity index (χ2v) is 8.16. The number of fused-ring (bicyclic) bond motifs is 3. The number of thiazole rings is 1. The van der Waals surface area contributed by atoms with E-state index in [0.717, 1.165) is 61.1 Å². The molecule has 3 aromatic rings. The summed E-state index contributed by atoms with van der Waals surface area (Å²) in [6, 6.07) is 6.80. The van der Waals surface area contributed by atoms with Crippen LogP contribution in [0.1, 0.15) is 48.5 Å². The number of nitrogens with one attached hydrogen (secondary N) is 1. The summed E-state index contributed by atoms with van der Waals surface area (Å²) in [5.41, 5.74) is 3.38. The molecule has 0 spiro atoms. The molecule has 1 N–H and O–H groups in total. The van der Waals surface area contributed by atoms with Crippen molar-refractivity contribution in [2.24, 2.45) is 0 Å². The number of carbonyl (C=O) groups excluding carboxylic acids is 1. The van der Waals surface area contributed by atoms with Gasteiger partial charge < -0.3 is 14.6 Å². The van der Waals surface area contributed by atoms with Crippen LogP contribution < -0.4 is 5.32 Å². The highest BCUT2D eigenvalue weighted by molar-refractivity contribution is 7.16. The van der Waals surface area contributed by atoms with E-state index in [2.05, 4.69) is 46.4 Å². The number of unbranched alkanes of at least 4 members (excludes halogenated alkanes) is 1. The first-order valence-corrected chi connectivity index (χ1v) is 10.6. The molecule has 4 rings (SSSR count). The van der Waals surface area contributed by atoms with Gasteiger partial charge in [0.25, 0.3) is 5.91 Å². The molecule has 5 heteroatoms. The van der Waals surface area contributed by atoms with Crippen molar-refractivity contribution in [3.8, 4) is 0 Å². The van der Waals surface area contributed by atoms with Crippen LogP contribution in [0.2, 0.25) is 0 Å². The highest BCUT2D eigenvalue weighted by Gasteiger charge is 2.28. The molecule has 2 aromatic heterocycles. The molecule has 1 aliphatic heterocycles. The van der Waals surface area contributed by atoms with Crippen LogP contribution in [-0.2, 0) is 6.42 Å². The van der Waals surface area contributed by atoms with Crippen LogP contribution in [0.25, 0.3) is 15.7 Å². The van der Waals surface area contributed by atoms with Crippen molar-refractivity contribution in [1.82, 2.24) is 14.6 Å². The molecule has 1 aliphatic rings. The van der Waals surface area contributed by atoms with Crippen molar-refractivity contribution >= 4 is 33.0 Å². The third-order valence-corrected chi connectivity index (χ3v) is 6.53. The second kappa shape index (κ2) is 7.41. The van der Waals surface area contributed by atoms with Gasteiger partial charge in [-0.25, -0.2) is 0 Å². The van der Waals surface area contributed by atoms with Gasteiger partial charge in [-0.3, -0.25) is 4.79 Å². The summed E-state index contributed by atoms with van der Waals surface area (Å²) < 4.78 is 2.19. The summed E-state index contributed by atoms with van der Waals surface area (Å²) in [7, 11) is 1.98. The minimum atomic E-state index is 0.177. The standard InChI is InChI=1S/C21H27N3OS/c1-3-4-6-15-7-5-8-17-18(15)19(21-24(17)13-14-26-21)20(25)23(2)16-9-11-22-12-10-16/h5,7-8,13-14,16,22H,3-4,6,9-12H2,1-2H3. The lowest BCUT2D eigenvalue weighted by Crippen LogP contribution is -2.44. The smallest absolute Gasteiger partial charge is 0.257 e. The Balaban J connectivity index is 1.83. The number of hydrogen-bond donors (Lipinski definition) is 1. The average Bonchev–Trinajstić information content (AvgIpc) is 3.27. The SMILES string of the molecule is CCCCc1cccc2c1c(C(=O)N(C)C1CCNCC1)c1sccn12. The van der Waals surface area contributed by atoms with Crippen molar-refractivity contribution in [1.29, 1.82) is 0 Å². The normalized spacial score (nSPS) is 15.8. The molecule has 3 heterocycles. The third-order valence-electron chi connectivity index (χ3n) is 5.65. The molecule has 1 aromatic carbocycles. The maximum absolute atomic E-state index is 13.6. The fourth-order valence-corrected chi connectivity index (χ4v) is 5.03. The summed E-state index contributed by atoms with van der Waals surface area (Å²) in [4.78, 5) is 16.6. The van der Waals surface area contributed by atoms with Gasteiger partial charge in [-0.2, -0.15) is 0 Å². The van der Waals surface area contributed by atoms with Crippen molar-refractivity contribution in [2.75, 3.05) is 20.1 Å². The molecule has 0 radical (unpaired) electrons. The molecule has 0 saturated carbocycles. The lowest BCUT2D eigenvalue weighted by atomic mass is 9.99. The topological polar surface area (TPSA) is 36.8 Å². The number of carbonyl (C=O) groups is 1. The quantitative estimate of drug-likeness (QED) is 0.727. The first-order chi connectivity index (χ1) is 12.7. The van der Waals surface area contributed by atoms with Crippen LogP contribution in [0.3, 0.4) is 0 Å². The minimum Gasteiger partial charge on any atom is -0.339 e. The molecular weight excluding hydrogens is 342 g/mol. The van der Waals surface area contributed by atoms with Gasteiger partial charge in [0, 0.05) is 30.1 Å². The van der Waals surface area contributed by atoms with Gasteiger partial charge in [0.2, 0.25) is 0 Å². The Morgan fingerprint density at radius 1 is 1.35 bits per heavy atom. The Labute approximate surface area is 158 Å². The van der Waals surface area contributed by atoms with E-state index in [9.17, 15) is 4.79 Å². The van der Waals surface area contributed by atoms with E-state index in [1.54, 1.807) is 11.3 Å². The van der Waals surface area contributed by atoms with E-state index in [1.807, 2.05) is 11.9 Å². The first-order valence-electron chi connectivity index (χ1n) is 9.69. The van der Waals surface area contributed by atoms with E-state index in [4.69, 9.17) is 0 Å². The average molecular weight is 370 g/mol. The Hall–Kier alpha value is -1.85. The number of aromatic nitrogens is 1. The number of hydrogen-bond acceptors (Lipinski definition) is 3. The van der Waals surface area contributed by atoms with E-state index >= 15 is 0 Å². The minimum absolute atomic E-state index is 0.177. The number of aryl methyl sites for hydroxylation is 1. The number of amides is 1. The van der Waals surface area contributed by atoms with Crippen LogP contribution in [0.15, 0.2) is 29.8 Å². The highest BCUT2D eigenvalue weighted by Crippen LogP contribution is 2.34. The Morgan fingerprint density at radius 3 is 2.92 bits per heavy atom. The van der Waals surface area contributed by atoms with E-state index < -0.39 is 0 Å². The van der Waals surface area contributed by atoms with Crippen LogP contribution in [0.4, 0.5) is 0 Å².